The third kappa shape index (κ3) is 5.15. The Kier molecular flexibility index (Phi) is 5.42. The predicted molar refractivity (Wildman–Crippen MR) is 62.3 cm³/mol. The molecule has 4 unspecified atom stereocenters. The Morgan fingerprint density at radius 1 is 1.26 bits per heavy atom. The van der Waals surface area contributed by atoms with Crippen molar-refractivity contribution in [3.05, 3.63) is 0 Å². The Morgan fingerprint density at radius 3 is 2.47 bits per heavy atom. The smallest absolute Gasteiger partial charge is 0.285 e. The third-order valence-electron chi connectivity index (χ3n) is 2.20. The summed E-state index contributed by atoms with van der Waals surface area (Å²) in [5, 5.41) is 0. The molecule has 4 atom stereocenters. The monoisotopic (exact) mass is 336 g/mol. The van der Waals surface area contributed by atoms with E-state index in [2.05, 4.69) is 8.37 Å². The Balaban J connectivity index is 1.61. The molecule has 2 saturated heterocycles. The van der Waals surface area contributed by atoms with Gasteiger partial charge in [0.25, 0.3) is 0 Å². The first kappa shape index (κ1) is 15.4. The molecule has 112 valence electrons. The number of hydrogen-bond donors (Lipinski definition) is 0. The van der Waals surface area contributed by atoms with Gasteiger partial charge in [-0.2, -0.15) is 12.6 Å². The van der Waals surface area contributed by atoms with Crippen LogP contribution in [0.1, 0.15) is 6.42 Å². The quantitative estimate of drug-likeness (QED) is 0.584. The first-order valence-corrected chi connectivity index (χ1v) is 8.84. The van der Waals surface area contributed by atoms with Gasteiger partial charge in [-0.25, -0.2) is 12.6 Å². The van der Waals surface area contributed by atoms with Crippen molar-refractivity contribution in [1.82, 2.24) is 0 Å². The van der Waals surface area contributed by atoms with E-state index >= 15 is 0 Å². The van der Waals surface area contributed by atoms with E-state index in [0.29, 0.717) is 12.2 Å². The van der Waals surface area contributed by atoms with Gasteiger partial charge in [0.2, 0.25) is 0 Å². The Labute approximate surface area is 115 Å². The second-order valence-corrected chi connectivity index (χ2v) is 7.03. The molecular formula is C7H12O9S3. The largest absolute Gasteiger partial charge is 0.400 e. The molecule has 2 rings (SSSR count). The van der Waals surface area contributed by atoms with E-state index in [0.717, 1.165) is 0 Å². The standard InChI is InChI=1S/C7H12O9S3/c8-17-2-1-6(15-17)3-12-18(9)13-4-7-5-14-19(10,11)16-7/h6-7H,1-5H2. The number of rotatable bonds is 6. The maximum atomic E-state index is 11.3. The van der Waals surface area contributed by atoms with Gasteiger partial charge >= 0.3 is 21.8 Å². The summed E-state index contributed by atoms with van der Waals surface area (Å²) in [6.07, 6.45) is -0.658. The van der Waals surface area contributed by atoms with Crippen molar-refractivity contribution < 1.29 is 37.8 Å². The molecule has 0 aromatic rings. The average Bonchev–Trinajstić information content (AvgIpc) is 2.90. The van der Waals surface area contributed by atoms with E-state index in [9.17, 15) is 16.8 Å². The highest BCUT2D eigenvalue weighted by Gasteiger charge is 2.31. The molecule has 2 aliphatic rings. The summed E-state index contributed by atoms with van der Waals surface area (Å²) in [6.45, 7) is -0.452. The average molecular weight is 336 g/mol. The first-order chi connectivity index (χ1) is 8.94. The fraction of sp³-hybridized carbons (Fsp3) is 1.00. The van der Waals surface area contributed by atoms with Gasteiger partial charge in [0, 0.05) is 0 Å². The van der Waals surface area contributed by atoms with Crippen LogP contribution < -0.4 is 0 Å². The van der Waals surface area contributed by atoms with Crippen molar-refractivity contribution in [1.29, 1.82) is 0 Å². The molecule has 2 heterocycles. The topological polar surface area (TPSA) is 114 Å². The minimum Gasteiger partial charge on any atom is -0.285 e. The lowest BCUT2D eigenvalue weighted by atomic mass is 10.3. The highest BCUT2D eigenvalue weighted by Crippen LogP contribution is 2.15. The maximum absolute atomic E-state index is 11.3. The minimum absolute atomic E-state index is 0.0152. The van der Waals surface area contributed by atoms with Crippen molar-refractivity contribution >= 4 is 32.8 Å². The van der Waals surface area contributed by atoms with Crippen molar-refractivity contribution in [2.75, 3.05) is 25.6 Å². The molecule has 9 nitrogen and oxygen atoms in total. The molecule has 0 N–H and O–H groups in total. The fourth-order valence-corrected chi connectivity index (χ4v) is 3.76. The van der Waals surface area contributed by atoms with Gasteiger partial charge in [0.1, 0.15) is 12.2 Å². The lowest BCUT2D eigenvalue weighted by molar-refractivity contribution is 0.123. The first-order valence-electron chi connectivity index (χ1n) is 5.26. The number of hydrogen-bond acceptors (Lipinski definition) is 9. The molecule has 2 aliphatic heterocycles. The van der Waals surface area contributed by atoms with Crippen LogP contribution in [-0.4, -0.2) is 54.6 Å². The van der Waals surface area contributed by atoms with Crippen molar-refractivity contribution in [3.63, 3.8) is 0 Å². The Morgan fingerprint density at radius 2 is 1.95 bits per heavy atom. The van der Waals surface area contributed by atoms with Crippen LogP contribution in [0.3, 0.4) is 0 Å². The summed E-state index contributed by atoms with van der Waals surface area (Å²) in [5.74, 6) is 0.423. The zero-order valence-electron chi connectivity index (χ0n) is 9.59. The lowest BCUT2D eigenvalue weighted by Crippen LogP contribution is -2.21. The highest BCUT2D eigenvalue weighted by molar-refractivity contribution is 7.82. The van der Waals surface area contributed by atoms with Gasteiger partial charge in [0.15, 0.2) is 11.1 Å². The summed E-state index contributed by atoms with van der Waals surface area (Å²) >= 11 is -3.36. The van der Waals surface area contributed by atoms with Crippen LogP contribution in [0.25, 0.3) is 0 Å². The zero-order chi connectivity index (χ0) is 13.9. The van der Waals surface area contributed by atoms with Crippen LogP contribution in [0.5, 0.6) is 0 Å². The molecule has 0 saturated carbocycles. The second-order valence-electron chi connectivity index (χ2n) is 3.70. The molecule has 0 aromatic carbocycles. The Hall–Kier alpha value is 0.0500. The summed E-state index contributed by atoms with van der Waals surface area (Å²) in [5.41, 5.74) is 0. The molecule has 0 spiro atoms. The van der Waals surface area contributed by atoms with Crippen LogP contribution in [0.4, 0.5) is 0 Å². The molecule has 19 heavy (non-hydrogen) atoms. The SMILES string of the molecule is O=S1CCC(COS(=O)OCC2COS(=O)(=O)O2)O1. The van der Waals surface area contributed by atoms with Gasteiger partial charge < -0.3 is 0 Å². The van der Waals surface area contributed by atoms with E-state index in [4.69, 9.17) is 12.5 Å². The zero-order valence-corrected chi connectivity index (χ0v) is 12.0. The van der Waals surface area contributed by atoms with Gasteiger partial charge in [0.05, 0.1) is 25.6 Å². The van der Waals surface area contributed by atoms with Crippen LogP contribution in [0.2, 0.25) is 0 Å². The summed E-state index contributed by atoms with van der Waals surface area (Å²) in [7, 11) is -3.95. The van der Waals surface area contributed by atoms with Crippen molar-refractivity contribution in [2.45, 2.75) is 18.6 Å². The second kappa shape index (κ2) is 6.67. The fourth-order valence-electron chi connectivity index (χ4n) is 1.34. The molecule has 0 amide bonds. The summed E-state index contributed by atoms with van der Waals surface area (Å²) in [4.78, 5) is 0. The van der Waals surface area contributed by atoms with Crippen LogP contribution in [-0.2, 0) is 53.8 Å². The lowest BCUT2D eigenvalue weighted by Gasteiger charge is -2.08. The molecule has 0 aliphatic carbocycles. The van der Waals surface area contributed by atoms with E-state index < -0.39 is 38.9 Å². The Bertz CT molecular complexity index is 460. The summed E-state index contributed by atoms with van der Waals surface area (Å²) in [6, 6.07) is 0. The molecular weight excluding hydrogens is 324 g/mol. The van der Waals surface area contributed by atoms with Gasteiger partial charge in [-0.3, -0.25) is 12.5 Å². The minimum atomic E-state index is -3.95. The third-order valence-corrected chi connectivity index (χ3v) is 4.85. The van der Waals surface area contributed by atoms with Crippen molar-refractivity contribution in [2.24, 2.45) is 0 Å². The van der Waals surface area contributed by atoms with E-state index in [1.807, 2.05) is 0 Å². The molecule has 0 bridgehead atoms. The molecule has 0 aromatic heterocycles. The van der Waals surface area contributed by atoms with Gasteiger partial charge in [-0.05, 0) is 6.42 Å². The van der Waals surface area contributed by atoms with E-state index in [-0.39, 0.29) is 25.9 Å². The van der Waals surface area contributed by atoms with Crippen LogP contribution in [0, 0.1) is 0 Å². The van der Waals surface area contributed by atoms with Crippen molar-refractivity contribution in [3.8, 4) is 0 Å². The van der Waals surface area contributed by atoms with Crippen LogP contribution >= 0.6 is 0 Å². The van der Waals surface area contributed by atoms with E-state index in [1.165, 1.54) is 0 Å². The molecule has 12 heteroatoms. The normalized spacial score (nSPS) is 35.5. The molecule has 2 fully saturated rings. The predicted octanol–water partition coefficient (Wildman–Crippen LogP) is -1.29. The van der Waals surface area contributed by atoms with Crippen LogP contribution in [0.15, 0.2) is 0 Å². The molecule has 0 radical (unpaired) electrons. The van der Waals surface area contributed by atoms with Gasteiger partial charge in [-0.15, -0.1) is 0 Å². The highest BCUT2D eigenvalue weighted by atomic mass is 32.3. The maximum Gasteiger partial charge on any atom is 0.400 e. The van der Waals surface area contributed by atoms with Gasteiger partial charge in [-0.1, -0.05) is 0 Å². The summed E-state index contributed by atoms with van der Waals surface area (Å²) < 4.78 is 67.0. The van der Waals surface area contributed by atoms with E-state index in [1.54, 1.807) is 0 Å².